The molecule has 0 saturated heterocycles. The van der Waals surface area contributed by atoms with E-state index in [4.69, 9.17) is 4.74 Å². The van der Waals surface area contributed by atoms with E-state index in [9.17, 15) is 4.79 Å². The number of carbonyl (C=O) groups excluding carboxylic acids is 1. The number of ketones is 1. The maximum absolute atomic E-state index is 13.5. The number of hydrogen-bond donors (Lipinski definition) is 0. The van der Waals surface area contributed by atoms with E-state index in [1.54, 1.807) is 0 Å². The van der Waals surface area contributed by atoms with Gasteiger partial charge in [-0.3, -0.25) is 4.79 Å². The van der Waals surface area contributed by atoms with E-state index in [2.05, 4.69) is 68.3 Å². The summed E-state index contributed by atoms with van der Waals surface area (Å²) in [5.74, 6) is 0.934. The third-order valence-electron chi connectivity index (χ3n) is 5.86. The second kappa shape index (κ2) is 6.85. The smallest absolute Gasteiger partial charge is 0.207 e. The third-order valence-corrected chi connectivity index (χ3v) is 7.06. The van der Waals surface area contributed by atoms with E-state index in [-0.39, 0.29) is 5.78 Å². The molecule has 1 unspecified atom stereocenters. The van der Waals surface area contributed by atoms with Gasteiger partial charge in [-0.25, -0.2) is 0 Å². The number of alkyl halides is 2. The number of halogens is 2. The van der Waals surface area contributed by atoms with Gasteiger partial charge in [0, 0.05) is 39.3 Å². The molecule has 0 bridgehead atoms. The highest BCUT2D eigenvalue weighted by molar-refractivity contribution is 9.09. The normalized spacial score (nSPS) is 20.5. The van der Waals surface area contributed by atoms with Gasteiger partial charge in [0.15, 0.2) is 5.60 Å². The molecular weight excluding hydrogens is 480 g/mol. The average molecular weight is 498 g/mol. The molecular formula is C24H18Br2O2. The third kappa shape index (κ3) is 2.54. The van der Waals surface area contributed by atoms with Crippen LogP contribution in [-0.4, -0.2) is 11.1 Å². The first-order valence-corrected chi connectivity index (χ1v) is 11.6. The Labute approximate surface area is 180 Å². The Bertz CT molecular complexity index is 1150. The van der Waals surface area contributed by atoms with E-state index in [1.807, 2.05) is 24.3 Å². The van der Waals surface area contributed by atoms with Gasteiger partial charge >= 0.3 is 0 Å². The number of carbonyl (C=O) groups is 1. The van der Waals surface area contributed by atoms with E-state index in [0.29, 0.717) is 17.1 Å². The van der Waals surface area contributed by atoms with Gasteiger partial charge in [-0.2, -0.15) is 0 Å². The number of rotatable bonds is 2. The first-order chi connectivity index (χ1) is 13.7. The zero-order valence-electron chi connectivity index (χ0n) is 15.2. The molecule has 3 aromatic rings. The van der Waals surface area contributed by atoms with Crippen molar-refractivity contribution in [2.45, 2.75) is 23.8 Å². The van der Waals surface area contributed by atoms with E-state index in [0.717, 1.165) is 34.4 Å². The molecule has 0 amide bonds. The first-order valence-electron chi connectivity index (χ1n) is 9.37. The predicted molar refractivity (Wildman–Crippen MR) is 120 cm³/mol. The predicted octanol–water partition coefficient (Wildman–Crippen LogP) is 6.32. The number of aryl methyl sites for hydroxylation is 1. The van der Waals surface area contributed by atoms with Crippen molar-refractivity contribution in [2.75, 3.05) is 5.33 Å². The lowest BCUT2D eigenvalue weighted by Gasteiger charge is -2.42. The molecule has 0 radical (unpaired) electrons. The molecule has 2 nitrogen and oxygen atoms in total. The summed E-state index contributed by atoms with van der Waals surface area (Å²) in [5.41, 5.74) is 4.17. The van der Waals surface area contributed by atoms with E-state index in [1.165, 1.54) is 16.3 Å². The van der Waals surface area contributed by atoms with Gasteiger partial charge in [0.1, 0.15) is 5.75 Å². The molecule has 1 heterocycles. The second-order valence-corrected chi connectivity index (χ2v) is 8.47. The highest BCUT2D eigenvalue weighted by Gasteiger charge is 2.49. The van der Waals surface area contributed by atoms with Crippen LogP contribution in [0, 0.1) is 0 Å². The van der Waals surface area contributed by atoms with Crippen LogP contribution in [0.15, 0.2) is 60.2 Å². The Morgan fingerprint density at radius 3 is 2.61 bits per heavy atom. The van der Waals surface area contributed by atoms with Gasteiger partial charge in [-0.15, -0.1) is 0 Å². The van der Waals surface area contributed by atoms with Crippen LogP contribution in [0.25, 0.3) is 16.8 Å². The number of fused-ring (bicyclic) bond motifs is 5. The summed E-state index contributed by atoms with van der Waals surface area (Å²) in [6, 6.07) is 18.7. The molecule has 2 aliphatic rings. The molecule has 140 valence electrons. The minimum Gasteiger partial charge on any atom is -0.474 e. The molecule has 1 atom stereocenters. The Hall–Kier alpha value is -1.91. The van der Waals surface area contributed by atoms with Crippen LogP contribution >= 0.6 is 31.9 Å². The fourth-order valence-corrected chi connectivity index (χ4v) is 5.38. The topological polar surface area (TPSA) is 26.3 Å². The fourth-order valence-electron chi connectivity index (χ4n) is 4.54. The maximum atomic E-state index is 13.5. The van der Waals surface area contributed by atoms with Gasteiger partial charge in [0.2, 0.25) is 5.78 Å². The van der Waals surface area contributed by atoms with Crippen LogP contribution in [-0.2, 0) is 22.1 Å². The van der Waals surface area contributed by atoms with Crippen molar-refractivity contribution >= 4 is 54.5 Å². The molecule has 0 fully saturated rings. The van der Waals surface area contributed by atoms with Gasteiger partial charge < -0.3 is 4.74 Å². The van der Waals surface area contributed by atoms with Crippen molar-refractivity contribution in [3.8, 4) is 5.75 Å². The Morgan fingerprint density at radius 2 is 1.79 bits per heavy atom. The van der Waals surface area contributed by atoms with Gasteiger partial charge in [0.05, 0.1) is 0 Å². The van der Waals surface area contributed by atoms with Crippen LogP contribution < -0.4 is 4.74 Å². The molecule has 1 aliphatic heterocycles. The molecule has 4 heteroatoms. The second-order valence-electron chi connectivity index (χ2n) is 7.35. The van der Waals surface area contributed by atoms with Crippen molar-refractivity contribution in [3.63, 3.8) is 0 Å². The van der Waals surface area contributed by atoms with Crippen molar-refractivity contribution in [2.24, 2.45) is 0 Å². The van der Waals surface area contributed by atoms with Crippen molar-refractivity contribution in [1.29, 1.82) is 0 Å². The number of hydrogen-bond acceptors (Lipinski definition) is 2. The molecule has 0 aromatic heterocycles. The Balaban J connectivity index is 1.75. The number of benzene rings is 3. The van der Waals surface area contributed by atoms with E-state index < -0.39 is 5.60 Å². The largest absolute Gasteiger partial charge is 0.474 e. The summed E-state index contributed by atoms with van der Waals surface area (Å²) < 4.78 is 6.72. The quantitative estimate of drug-likeness (QED) is 0.387. The molecule has 28 heavy (non-hydrogen) atoms. The monoisotopic (exact) mass is 496 g/mol. The molecule has 0 saturated carbocycles. The van der Waals surface area contributed by atoms with Crippen molar-refractivity contribution < 1.29 is 9.53 Å². The molecule has 0 N–H and O–H groups in total. The zero-order chi connectivity index (χ0) is 19.3. The molecule has 1 spiro atoms. The summed E-state index contributed by atoms with van der Waals surface area (Å²) in [6.07, 6.45) is 3.45. The van der Waals surface area contributed by atoms with Crippen LogP contribution in [0.4, 0.5) is 0 Å². The van der Waals surface area contributed by atoms with Crippen LogP contribution in [0.1, 0.15) is 28.7 Å². The first kappa shape index (κ1) is 18.1. The molecule has 5 rings (SSSR count). The molecule has 3 aromatic carbocycles. The van der Waals surface area contributed by atoms with Crippen LogP contribution in [0.3, 0.4) is 0 Å². The standard InChI is InChI=1S/C24H18Br2O2/c25-13-17-11-15-5-1-3-7-19(15)20-9-10-24(28-22(17)20)21-8-4-2-6-16(21)12-18(14-26)23(24)27/h1-8,11-12H,9-10,13-14H2. The highest BCUT2D eigenvalue weighted by atomic mass is 79.9. The summed E-state index contributed by atoms with van der Waals surface area (Å²) in [7, 11) is 0. The number of ether oxygens (including phenoxy) is 1. The van der Waals surface area contributed by atoms with Gasteiger partial charge in [-0.1, -0.05) is 80.4 Å². The zero-order valence-corrected chi connectivity index (χ0v) is 18.3. The Morgan fingerprint density at radius 1 is 1.00 bits per heavy atom. The van der Waals surface area contributed by atoms with Crippen molar-refractivity contribution in [1.82, 2.24) is 0 Å². The summed E-state index contributed by atoms with van der Waals surface area (Å²) in [4.78, 5) is 13.5. The highest BCUT2D eigenvalue weighted by Crippen LogP contribution is 2.49. The van der Waals surface area contributed by atoms with Gasteiger partial charge in [0.25, 0.3) is 0 Å². The Kier molecular flexibility index (Phi) is 4.44. The maximum Gasteiger partial charge on any atom is 0.207 e. The minimum atomic E-state index is -0.944. The minimum absolute atomic E-state index is 0.0717. The average Bonchev–Trinajstić information content (AvgIpc) is 2.75. The fraction of sp³-hybridized carbons (Fsp3) is 0.208. The van der Waals surface area contributed by atoms with E-state index >= 15 is 0 Å². The van der Waals surface area contributed by atoms with Gasteiger partial charge in [-0.05, 0) is 34.9 Å². The lowest BCUT2D eigenvalue weighted by molar-refractivity contribution is -0.133. The summed E-state index contributed by atoms with van der Waals surface area (Å²) in [6.45, 7) is 0. The molecule has 1 aliphatic carbocycles. The van der Waals surface area contributed by atoms with Crippen LogP contribution in [0.2, 0.25) is 0 Å². The lowest BCUT2D eigenvalue weighted by atomic mass is 9.73. The SMILES string of the molecule is O=C1C(CBr)=Cc2ccccc2C12CCc1c(c(CBr)cc3ccccc13)O2. The summed E-state index contributed by atoms with van der Waals surface area (Å²) in [5, 5.41) is 3.64. The summed E-state index contributed by atoms with van der Waals surface area (Å²) >= 11 is 7.12. The number of Topliss-reactive ketones (excluding diaryl/α,β-unsaturated/α-hetero) is 1. The van der Waals surface area contributed by atoms with Crippen molar-refractivity contribution in [3.05, 3.63) is 82.4 Å². The lowest BCUT2D eigenvalue weighted by Crippen LogP contribution is -2.47. The van der Waals surface area contributed by atoms with Crippen LogP contribution in [0.5, 0.6) is 5.75 Å².